The lowest BCUT2D eigenvalue weighted by Crippen LogP contribution is -2.68. The molecule has 2 heterocycles. The summed E-state index contributed by atoms with van der Waals surface area (Å²) in [5.74, 6) is 1.10. The van der Waals surface area contributed by atoms with E-state index in [4.69, 9.17) is 14.2 Å². The van der Waals surface area contributed by atoms with E-state index in [9.17, 15) is 9.59 Å². The maximum Gasteiger partial charge on any atom is 0.312 e. The molecule has 1 saturated heterocycles. The molecule has 4 saturated carbocycles. The highest BCUT2D eigenvalue weighted by Crippen LogP contribution is 2.78. The Morgan fingerprint density at radius 1 is 0.944 bits per heavy atom. The smallest absolute Gasteiger partial charge is 0.312 e. The molecule has 0 bridgehead atoms. The van der Waals surface area contributed by atoms with Crippen LogP contribution in [0.3, 0.4) is 0 Å². The molecular formula is C31H46O5. The summed E-state index contributed by atoms with van der Waals surface area (Å²) >= 11 is 0. The van der Waals surface area contributed by atoms with Gasteiger partial charge in [-0.1, -0.05) is 34.6 Å². The highest BCUT2D eigenvalue weighted by molar-refractivity contribution is 5.77. The van der Waals surface area contributed by atoms with Gasteiger partial charge in [-0.15, -0.1) is 0 Å². The van der Waals surface area contributed by atoms with E-state index in [0.29, 0.717) is 11.8 Å². The molecule has 5 nitrogen and oxygen atoms in total. The first kappa shape index (κ1) is 24.8. The third-order valence-electron chi connectivity index (χ3n) is 13.9. The van der Waals surface area contributed by atoms with Gasteiger partial charge in [-0.2, -0.15) is 0 Å². The Bertz CT molecular complexity index is 1020. The van der Waals surface area contributed by atoms with E-state index in [0.717, 1.165) is 38.5 Å². The van der Waals surface area contributed by atoms with Crippen LogP contribution in [-0.4, -0.2) is 25.3 Å². The third-order valence-corrected chi connectivity index (χ3v) is 13.9. The maximum absolute atomic E-state index is 12.9. The molecule has 0 aromatic heterocycles. The van der Waals surface area contributed by atoms with Crippen molar-refractivity contribution >= 4 is 11.9 Å². The van der Waals surface area contributed by atoms with Crippen LogP contribution in [0.1, 0.15) is 99.3 Å². The number of allylic oxidation sites excluding steroid dienone is 1. The van der Waals surface area contributed by atoms with Gasteiger partial charge in [0.1, 0.15) is 0 Å². The van der Waals surface area contributed by atoms with E-state index in [-0.39, 0.29) is 56.3 Å². The predicted octanol–water partition coefficient (Wildman–Crippen LogP) is 6.65. The van der Waals surface area contributed by atoms with Gasteiger partial charge in [0, 0.05) is 0 Å². The number of carbonyl (C=O) groups is 2. The van der Waals surface area contributed by atoms with Crippen LogP contribution in [0.4, 0.5) is 0 Å². The Morgan fingerprint density at radius 2 is 1.61 bits per heavy atom. The average molecular weight is 499 g/mol. The van der Waals surface area contributed by atoms with E-state index in [1.165, 1.54) is 19.3 Å². The number of rotatable bonds is 1. The van der Waals surface area contributed by atoms with Crippen LogP contribution in [0.25, 0.3) is 0 Å². The Hall–Kier alpha value is -1.52. The summed E-state index contributed by atoms with van der Waals surface area (Å²) < 4.78 is 17.1. The molecule has 200 valence electrons. The number of fused-ring (bicyclic) bond motifs is 6. The maximum atomic E-state index is 12.9. The zero-order valence-corrected chi connectivity index (χ0v) is 23.4. The van der Waals surface area contributed by atoms with Gasteiger partial charge in [0.05, 0.1) is 30.1 Å². The zero-order chi connectivity index (χ0) is 25.9. The molecule has 1 spiro atoms. The van der Waals surface area contributed by atoms with Gasteiger partial charge in [0.15, 0.2) is 0 Å². The third kappa shape index (κ3) is 2.69. The first-order chi connectivity index (χ1) is 16.8. The quantitative estimate of drug-likeness (QED) is 0.379. The molecular weight excluding hydrogens is 452 g/mol. The van der Waals surface area contributed by atoms with Crippen molar-refractivity contribution in [1.82, 2.24) is 0 Å². The van der Waals surface area contributed by atoms with E-state index in [1.807, 2.05) is 6.26 Å². The SMILES string of the molecule is COC(=O)[C@]1(C)CC[C@]2(C)CC[C@]3(C)[C@H]4CC[C@@]56[C@@H](OC=C[C@H]5[C@]4(C)CC[C@@]3(C)[C@@H]2C1)OC(=O)[C@@H]6C. The van der Waals surface area contributed by atoms with Crippen molar-refractivity contribution < 1.29 is 23.8 Å². The molecule has 5 fully saturated rings. The summed E-state index contributed by atoms with van der Waals surface area (Å²) in [6.07, 6.45) is 13.6. The highest BCUT2D eigenvalue weighted by atomic mass is 16.7. The number of ether oxygens (including phenoxy) is 3. The molecule has 6 aliphatic rings. The van der Waals surface area contributed by atoms with E-state index >= 15 is 0 Å². The largest absolute Gasteiger partial charge is 0.469 e. The van der Waals surface area contributed by atoms with Gasteiger partial charge in [0.2, 0.25) is 6.29 Å². The van der Waals surface area contributed by atoms with Gasteiger partial charge in [0.25, 0.3) is 0 Å². The molecule has 0 aromatic carbocycles. The number of carbonyl (C=O) groups excluding carboxylic acids is 2. The van der Waals surface area contributed by atoms with Crippen molar-refractivity contribution in [3.63, 3.8) is 0 Å². The van der Waals surface area contributed by atoms with Crippen molar-refractivity contribution in [1.29, 1.82) is 0 Å². The normalized spacial score (nSPS) is 57.2. The lowest BCUT2D eigenvalue weighted by molar-refractivity contribution is -0.268. The van der Waals surface area contributed by atoms with Crippen LogP contribution in [0, 0.1) is 56.2 Å². The highest BCUT2D eigenvalue weighted by Gasteiger charge is 2.74. The molecule has 36 heavy (non-hydrogen) atoms. The molecule has 11 atom stereocenters. The second-order valence-electron chi connectivity index (χ2n) is 14.9. The standard InChI is InChI=1S/C31H46O5/c1-19-23(32)36-25-31(19)10-8-20-28(4,21(31)9-17-35-25)14-16-30(6)22-18-27(3,24(33)34-7)12-11-26(22,2)13-15-29(20,30)5/h9,17,19-22,25H,8,10-16,18H2,1-7H3/t19-,20-,21-,22+,25-,26+,27+,28+,29+,30-,31-/m0/s1. The molecule has 4 aliphatic carbocycles. The predicted molar refractivity (Wildman–Crippen MR) is 136 cm³/mol. The number of methoxy groups -OCH3 is 1. The fourth-order valence-corrected chi connectivity index (χ4v) is 11.4. The minimum atomic E-state index is -0.442. The Balaban J connectivity index is 1.40. The lowest BCUT2D eigenvalue weighted by atomic mass is 9.30. The van der Waals surface area contributed by atoms with Crippen LogP contribution >= 0.6 is 0 Å². The first-order valence-corrected chi connectivity index (χ1v) is 14.4. The number of hydrogen-bond acceptors (Lipinski definition) is 5. The van der Waals surface area contributed by atoms with Gasteiger partial charge in [-0.05, 0) is 110 Å². The number of esters is 2. The van der Waals surface area contributed by atoms with Crippen LogP contribution in [-0.2, 0) is 23.8 Å². The summed E-state index contributed by atoms with van der Waals surface area (Å²) in [6, 6.07) is 0. The molecule has 2 aliphatic heterocycles. The fraction of sp³-hybridized carbons (Fsp3) is 0.871. The van der Waals surface area contributed by atoms with Crippen molar-refractivity contribution in [2.24, 2.45) is 56.2 Å². The van der Waals surface area contributed by atoms with Crippen molar-refractivity contribution in [3.05, 3.63) is 12.3 Å². The van der Waals surface area contributed by atoms with Gasteiger partial charge >= 0.3 is 11.9 Å². The second-order valence-corrected chi connectivity index (χ2v) is 14.9. The van der Waals surface area contributed by atoms with Crippen LogP contribution in [0.15, 0.2) is 12.3 Å². The van der Waals surface area contributed by atoms with E-state index in [1.54, 1.807) is 7.11 Å². The van der Waals surface area contributed by atoms with Gasteiger partial charge in [-0.3, -0.25) is 9.59 Å². The Morgan fingerprint density at radius 3 is 2.33 bits per heavy atom. The topological polar surface area (TPSA) is 61.8 Å². The van der Waals surface area contributed by atoms with Crippen molar-refractivity contribution in [2.75, 3.05) is 7.11 Å². The summed E-state index contributed by atoms with van der Waals surface area (Å²) in [4.78, 5) is 25.7. The average Bonchev–Trinajstić information content (AvgIpc) is 3.10. The van der Waals surface area contributed by atoms with E-state index in [2.05, 4.69) is 47.6 Å². The monoisotopic (exact) mass is 498 g/mol. The molecule has 0 amide bonds. The summed E-state index contributed by atoms with van der Waals surface area (Å²) in [7, 11) is 1.55. The van der Waals surface area contributed by atoms with Gasteiger partial charge < -0.3 is 14.2 Å². The van der Waals surface area contributed by atoms with Crippen LogP contribution in [0.5, 0.6) is 0 Å². The molecule has 0 radical (unpaired) electrons. The first-order valence-electron chi connectivity index (χ1n) is 14.4. The molecule has 0 unspecified atom stereocenters. The van der Waals surface area contributed by atoms with E-state index < -0.39 is 6.29 Å². The zero-order valence-electron chi connectivity index (χ0n) is 23.4. The fourth-order valence-electron chi connectivity index (χ4n) is 11.4. The Labute approximate surface area is 217 Å². The molecule has 0 N–H and O–H groups in total. The van der Waals surface area contributed by atoms with Crippen LogP contribution < -0.4 is 0 Å². The summed E-state index contributed by atoms with van der Waals surface area (Å²) in [6.45, 7) is 14.4. The molecule has 5 heteroatoms. The summed E-state index contributed by atoms with van der Waals surface area (Å²) in [5.41, 5.74) is 0.112. The van der Waals surface area contributed by atoms with Crippen molar-refractivity contribution in [3.8, 4) is 0 Å². The summed E-state index contributed by atoms with van der Waals surface area (Å²) in [5, 5.41) is 0. The molecule has 6 rings (SSSR count). The number of hydrogen-bond donors (Lipinski definition) is 0. The Kier molecular flexibility index (Phi) is 5.04. The second kappa shape index (κ2) is 7.32. The minimum absolute atomic E-state index is 0.0287. The van der Waals surface area contributed by atoms with Crippen LogP contribution in [0.2, 0.25) is 0 Å². The minimum Gasteiger partial charge on any atom is -0.469 e. The van der Waals surface area contributed by atoms with Crippen molar-refractivity contribution in [2.45, 2.75) is 106 Å². The van der Waals surface area contributed by atoms with Gasteiger partial charge in [-0.25, -0.2) is 0 Å². The lowest BCUT2D eigenvalue weighted by Gasteiger charge is -2.74. The molecule has 0 aromatic rings.